The fourth-order valence-electron chi connectivity index (χ4n) is 6.24. The Morgan fingerprint density at radius 2 is 1.75 bits per heavy atom. The van der Waals surface area contributed by atoms with E-state index in [4.69, 9.17) is 14.5 Å². The summed E-state index contributed by atoms with van der Waals surface area (Å²) in [5.41, 5.74) is 4.51. The molecule has 2 aromatic carbocycles. The van der Waals surface area contributed by atoms with E-state index in [0.717, 1.165) is 52.3 Å². The summed E-state index contributed by atoms with van der Waals surface area (Å²) in [4.78, 5) is 2.64. The molecule has 0 bridgehead atoms. The van der Waals surface area contributed by atoms with Gasteiger partial charge in [0, 0.05) is 24.1 Å². The molecule has 2 fully saturated rings. The fourth-order valence-corrected chi connectivity index (χ4v) is 6.24. The van der Waals surface area contributed by atoms with Gasteiger partial charge in [0.05, 0.1) is 17.3 Å². The first-order chi connectivity index (χ1) is 19.6. The van der Waals surface area contributed by atoms with Gasteiger partial charge in [-0.15, -0.1) is 0 Å². The van der Waals surface area contributed by atoms with E-state index >= 15 is 0 Å². The number of benzene rings is 2. The number of ether oxygens (including phenoxy) is 1. The molecule has 2 aliphatic rings. The van der Waals surface area contributed by atoms with Gasteiger partial charge in [0.1, 0.15) is 12.4 Å². The van der Waals surface area contributed by atoms with Crippen molar-refractivity contribution >= 4 is 11.0 Å². The normalized spacial score (nSPS) is 20.1. The molecule has 2 unspecified atom stereocenters. The van der Waals surface area contributed by atoms with Crippen LogP contribution in [0.2, 0.25) is 0 Å². The molecule has 0 radical (unpaired) electrons. The van der Waals surface area contributed by atoms with Gasteiger partial charge in [-0.2, -0.15) is 5.26 Å². The third-order valence-corrected chi connectivity index (χ3v) is 8.68. The third kappa shape index (κ3) is 7.84. The molecule has 3 aromatic rings. The number of aromatic nitrogens is 1. The lowest BCUT2D eigenvalue weighted by molar-refractivity contribution is 0.0826. The van der Waals surface area contributed by atoms with Crippen molar-refractivity contribution in [1.29, 1.82) is 5.26 Å². The molecule has 5 rings (SSSR count). The predicted octanol–water partition coefficient (Wildman–Crippen LogP) is 5.87. The largest absolute Gasteiger partial charge is 0.488 e. The molecule has 1 saturated carbocycles. The van der Waals surface area contributed by atoms with Gasteiger partial charge in [0.15, 0.2) is 5.58 Å². The zero-order chi connectivity index (χ0) is 28.3. The highest BCUT2D eigenvalue weighted by atomic mass is 16.5. The van der Waals surface area contributed by atoms with E-state index in [2.05, 4.69) is 27.5 Å². The average molecular weight is 547 g/mol. The number of aryl methyl sites for hydroxylation is 2. The maximum Gasteiger partial charge on any atom is 0.173 e. The summed E-state index contributed by atoms with van der Waals surface area (Å²) in [7, 11) is 3.75. The van der Waals surface area contributed by atoms with Crippen molar-refractivity contribution in [3.8, 4) is 11.8 Å². The van der Waals surface area contributed by atoms with Crippen molar-refractivity contribution in [1.82, 2.24) is 15.4 Å². The Hall–Kier alpha value is -2.92. The maximum atomic E-state index is 9.74. The van der Waals surface area contributed by atoms with Gasteiger partial charge in [-0.3, -0.25) is 0 Å². The van der Waals surface area contributed by atoms with E-state index in [1.807, 2.05) is 51.4 Å². The topological polar surface area (TPSA) is 94.5 Å². The Balaban J connectivity index is 0.00000118. The Bertz CT molecular complexity index is 1220. The van der Waals surface area contributed by atoms with Gasteiger partial charge < -0.3 is 24.6 Å². The number of piperidine rings is 1. The lowest BCUT2D eigenvalue weighted by atomic mass is 9.79. The van der Waals surface area contributed by atoms with Crippen LogP contribution in [0.1, 0.15) is 67.3 Å². The van der Waals surface area contributed by atoms with Crippen LogP contribution < -0.4 is 10.1 Å². The first-order valence-electron chi connectivity index (χ1n) is 15.0. The number of rotatable bonds is 9. The second kappa shape index (κ2) is 15.2. The Labute approximate surface area is 239 Å². The van der Waals surface area contributed by atoms with E-state index in [1.165, 1.54) is 58.2 Å². The van der Waals surface area contributed by atoms with Crippen LogP contribution in [-0.4, -0.2) is 55.5 Å². The van der Waals surface area contributed by atoms with Crippen LogP contribution in [0.4, 0.5) is 0 Å². The van der Waals surface area contributed by atoms with Crippen LogP contribution in [0.3, 0.4) is 0 Å². The van der Waals surface area contributed by atoms with Crippen LogP contribution in [0.25, 0.3) is 11.0 Å². The monoisotopic (exact) mass is 546 g/mol. The molecule has 1 saturated heterocycles. The highest BCUT2D eigenvalue weighted by Gasteiger charge is 2.28. The zero-order valence-electron chi connectivity index (χ0n) is 24.5. The predicted molar refractivity (Wildman–Crippen MR) is 159 cm³/mol. The van der Waals surface area contributed by atoms with Crippen LogP contribution in [0.5, 0.6) is 5.75 Å². The van der Waals surface area contributed by atoms with Crippen molar-refractivity contribution in [2.24, 2.45) is 17.8 Å². The molecular formula is C33H46N4O3. The van der Waals surface area contributed by atoms with Crippen LogP contribution in [0.15, 0.2) is 40.9 Å². The standard InChI is InChI=1S/C31H39N3O3.C2H7N/c1-22-30(36-21-25-8-6-24(18-32)7-9-25)13-11-28-29(33-37-31(22)28)12-10-23-14-16-34(17-15-23)19-26-4-2-3-5-27(26)20-35;1-3-2/h6-9,11,13,23,26-27,35H,2-5,10,12,14-17,19-21H2,1H3;3H,1-2H3. The number of aliphatic hydroxyl groups is 1. The summed E-state index contributed by atoms with van der Waals surface area (Å²) in [5.74, 6) is 2.72. The highest BCUT2D eigenvalue weighted by Crippen LogP contribution is 2.33. The fraction of sp³-hybridized carbons (Fsp3) is 0.576. The second-order valence-corrected chi connectivity index (χ2v) is 11.6. The van der Waals surface area contributed by atoms with Gasteiger partial charge in [-0.25, -0.2) is 0 Å². The van der Waals surface area contributed by atoms with E-state index in [0.29, 0.717) is 30.6 Å². The van der Waals surface area contributed by atoms with Crippen LogP contribution in [0, 0.1) is 36.0 Å². The molecule has 1 aromatic heterocycles. The molecule has 1 aliphatic heterocycles. The van der Waals surface area contributed by atoms with Crippen LogP contribution in [-0.2, 0) is 13.0 Å². The minimum absolute atomic E-state index is 0.358. The number of hydrogen-bond donors (Lipinski definition) is 2. The van der Waals surface area contributed by atoms with E-state index < -0.39 is 0 Å². The Kier molecular flexibility index (Phi) is 11.4. The molecule has 0 spiro atoms. The molecule has 40 heavy (non-hydrogen) atoms. The smallest absolute Gasteiger partial charge is 0.173 e. The third-order valence-electron chi connectivity index (χ3n) is 8.68. The SMILES string of the molecule is CNC.Cc1c(OCc2ccc(C#N)cc2)ccc2c(CCC3CCN(CC4CCCCC4CO)CC3)noc12. The highest BCUT2D eigenvalue weighted by molar-refractivity contribution is 5.84. The van der Waals surface area contributed by atoms with Crippen molar-refractivity contribution in [3.05, 3.63) is 58.8 Å². The summed E-state index contributed by atoms with van der Waals surface area (Å²) in [6, 6.07) is 13.7. The molecule has 0 amide bonds. The number of nitriles is 1. The second-order valence-electron chi connectivity index (χ2n) is 11.6. The van der Waals surface area contributed by atoms with Gasteiger partial charge in [0.2, 0.25) is 0 Å². The number of hydrogen-bond acceptors (Lipinski definition) is 7. The molecule has 2 N–H and O–H groups in total. The molecule has 2 heterocycles. The van der Waals surface area contributed by atoms with Gasteiger partial charge in [-0.05, 0) is 120 Å². The summed E-state index contributed by atoms with van der Waals surface area (Å²) in [5, 5.41) is 27.0. The Morgan fingerprint density at radius 1 is 1.05 bits per heavy atom. The van der Waals surface area contributed by atoms with Gasteiger partial charge in [-0.1, -0.05) is 30.1 Å². The zero-order valence-corrected chi connectivity index (χ0v) is 24.5. The average Bonchev–Trinajstić information content (AvgIpc) is 3.41. The lowest BCUT2D eigenvalue weighted by Crippen LogP contribution is -2.40. The van der Waals surface area contributed by atoms with E-state index in [9.17, 15) is 5.11 Å². The quantitative estimate of drug-likeness (QED) is 0.347. The van der Waals surface area contributed by atoms with Crippen LogP contribution >= 0.6 is 0 Å². The molecule has 1 aliphatic carbocycles. The van der Waals surface area contributed by atoms with E-state index in [1.54, 1.807) is 0 Å². The summed E-state index contributed by atoms with van der Waals surface area (Å²) >= 11 is 0. The van der Waals surface area contributed by atoms with Crippen molar-refractivity contribution in [2.75, 3.05) is 40.3 Å². The molecule has 216 valence electrons. The van der Waals surface area contributed by atoms with Crippen molar-refractivity contribution in [3.63, 3.8) is 0 Å². The number of likely N-dealkylation sites (tertiary alicyclic amines) is 1. The first kappa shape index (κ1) is 30.0. The number of nitrogens with one attached hydrogen (secondary N) is 1. The lowest BCUT2D eigenvalue weighted by Gasteiger charge is -2.38. The molecule has 2 atom stereocenters. The number of fused-ring (bicyclic) bond motifs is 1. The van der Waals surface area contributed by atoms with Crippen molar-refractivity contribution < 1.29 is 14.4 Å². The molecule has 7 nitrogen and oxygen atoms in total. The summed E-state index contributed by atoms with van der Waals surface area (Å²) in [6.07, 6.45) is 9.68. The minimum Gasteiger partial charge on any atom is -0.488 e. The Morgan fingerprint density at radius 3 is 2.42 bits per heavy atom. The first-order valence-corrected chi connectivity index (χ1v) is 15.0. The molecule has 7 heteroatoms. The van der Waals surface area contributed by atoms with E-state index in [-0.39, 0.29) is 0 Å². The number of nitrogens with zero attached hydrogens (tertiary/aromatic N) is 3. The van der Waals surface area contributed by atoms with Gasteiger partial charge >= 0.3 is 0 Å². The number of aliphatic hydroxyl groups excluding tert-OH is 1. The van der Waals surface area contributed by atoms with Gasteiger partial charge in [0.25, 0.3) is 0 Å². The molecular weight excluding hydrogens is 500 g/mol. The summed E-state index contributed by atoms with van der Waals surface area (Å²) in [6.45, 7) is 6.35. The maximum absolute atomic E-state index is 9.74. The minimum atomic E-state index is 0.358. The summed E-state index contributed by atoms with van der Waals surface area (Å²) < 4.78 is 11.8. The van der Waals surface area contributed by atoms with Crippen molar-refractivity contribution in [2.45, 2.75) is 64.9 Å².